The summed E-state index contributed by atoms with van der Waals surface area (Å²) in [6.07, 6.45) is 7.89. The fourth-order valence-corrected chi connectivity index (χ4v) is 6.83. The van der Waals surface area contributed by atoms with E-state index in [-0.39, 0.29) is 47.1 Å². The molecule has 2 aliphatic heterocycles. The van der Waals surface area contributed by atoms with Crippen LogP contribution < -0.4 is 36.2 Å². The average molecular weight is 603 g/mol. The summed E-state index contributed by atoms with van der Waals surface area (Å²) in [5, 5.41) is 28.8. The molecule has 3 aromatic rings. The second kappa shape index (κ2) is 11.6. The van der Waals surface area contributed by atoms with Gasteiger partial charge in [0, 0.05) is 11.6 Å². The molecule has 0 aromatic carbocycles. The minimum Gasteiger partial charge on any atom is -0.681 e. The van der Waals surface area contributed by atoms with Gasteiger partial charge in [-0.3, -0.25) is 9.59 Å². The van der Waals surface area contributed by atoms with E-state index in [9.17, 15) is 19.8 Å². The van der Waals surface area contributed by atoms with E-state index in [1.54, 1.807) is 6.08 Å². The number of methoxy groups -OCH3 is 1. The molecule has 0 radical (unpaired) electrons. The standard InChI is InChI=1S/C34H34N4O5.Mg/c1-8-19-16(4)23-12-24-17(5)20(9-10-27(39)40)31(37-24)29-30(34(42)43-7)33(41)28-18(6)25(38-32(28)29)11-21-14(2)15(3)22(35-21)13-26(19)36-23;/h8,11-13,17,20,30-31,41H,1,9-10H2,2-7H3,(H,39,40);/q-4;+2/b21-11-,22-13-,24-12-;/t17-,20-,30+,31?;/m0./s1. The van der Waals surface area contributed by atoms with Gasteiger partial charge in [0.1, 0.15) is 11.7 Å². The third kappa shape index (κ3) is 4.75. The Bertz CT molecular complexity index is 2010. The number of aliphatic hydroxyl groups excluding tert-OH is 1. The number of carboxylic acid groups (broad SMARTS) is 1. The zero-order chi connectivity index (χ0) is 30.9. The number of carboxylic acids is 1. The van der Waals surface area contributed by atoms with E-state index in [0.29, 0.717) is 28.3 Å². The van der Waals surface area contributed by atoms with Gasteiger partial charge in [0.15, 0.2) is 0 Å². The zero-order valence-corrected chi connectivity index (χ0v) is 27.3. The fraction of sp³-hybridized carbons (Fsp3) is 0.353. The number of aliphatic hydroxyl groups is 1. The van der Waals surface area contributed by atoms with Crippen molar-refractivity contribution in [2.75, 3.05) is 7.11 Å². The van der Waals surface area contributed by atoms with Crippen LogP contribution in [0.3, 0.4) is 0 Å². The Morgan fingerprint density at radius 2 is 1.59 bits per heavy atom. The molecule has 1 unspecified atom stereocenters. The van der Waals surface area contributed by atoms with Crippen LogP contribution in [0.5, 0.6) is 0 Å². The summed E-state index contributed by atoms with van der Waals surface area (Å²) in [5.41, 5.74) is 8.03. The smallest absolute Gasteiger partial charge is 0.681 e. The maximum atomic E-state index is 13.2. The average Bonchev–Trinajstić information content (AvgIpc) is 3.70. The van der Waals surface area contributed by atoms with Gasteiger partial charge < -0.3 is 35.2 Å². The number of aliphatic carboxylic acids is 1. The molecule has 4 atom stereocenters. The zero-order valence-electron chi connectivity index (χ0n) is 25.9. The van der Waals surface area contributed by atoms with Crippen LogP contribution >= 0.6 is 0 Å². The summed E-state index contributed by atoms with van der Waals surface area (Å²) in [5.74, 6) is -3.13. The first-order chi connectivity index (χ1) is 20.5. The Kier molecular flexibility index (Phi) is 8.28. The number of nitrogens with zero attached hydrogens (tertiary/aromatic N) is 4. The van der Waals surface area contributed by atoms with Gasteiger partial charge in [-0.2, -0.15) is 5.70 Å². The van der Waals surface area contributed by atoms with Crippen LogP contribution in [-0.4, -0.2) is 58.4 Å². The van der Waals surface area contributed by atoms with E-state index >= 15 is 0 Å². The SMILES string of the molecule is C=Cc1c2[n-]c(c1C)/C=C1\[N-]C(C3=c4[n-]c(c(C)c4=C(O)[C@@H]3C(=O)OC)/C=c3\[n-]/c(c(C)c3C)=C\2)[C@@H](CCC(=O)O)[C@@H]1C.[Mg+2]. The molecule has 0 saturated carbocycles. The first-order valence-electron chi connectivity index (χ1n) is 14.4. The third-order valence-electron chi connectivity index (χ3n) is 9.50. The molecule has 6 rings (SSSR count). The predicted octanol–water partition coefficient (Wildman–Crippen LogP) is 1.56. The largest absolute Gasteiger partial charge is 2.00 e. The summed E-state index contributed by atoms with van der Waals surface area (Å²) in [6.45, 7) is 14.0. The molecule has 1 saturated heterocycles. The normalized spacial score (nSPS) is 24.3. The molecule has 9 nitrogen and oxygen atoms in total. The van der Waals surface area contributed by atoms with Crippen molar-refractivity contribution in [3.63, 3.8) is 0 Å². The molecular formula is C34H34MgN4O5-2. The monoisotopic (exact) mass is 602 g/mol. The van der Waals surface area contributed by atoms with Gasteiger partial charge in [0.25, 0.3) is 0 Å². The minimum atomic E-state index is -1.08. The fourth-order valence-electron chi connectivity index (χ4n) is 6.83. The van der Waals surface area contributed by atoms with Crippen molar-refractivity contribution in [3.8, 4) is 0 Å². The van der Waals surface area contributed by atoms with Crippen molar-refractivity contribution in [1.29, 1.82) is 0 Å². The first-order valence-corrected chi connectivity index (χ1v) is 14.4. The number of ether oxygens (including phenoxy) is 1. The van der Waals surface area contributed by atoms with Crippen molar-refractivity contribution < 1.29 is 24.5 Å². The molecule has 3 aliphatic rings. The Labute approximate surface area is 271 Å². The van der Waals surface area contributed by atoms with Gasteiger partial charge in [0.2, 0.25) is 0 Å². The van der Waals surface area contributed by atoms with Gasteiger partial charge in [-0.15, -0.1) is 33.1 Å². The molecule has 3 aromatic heterocycles. The topological polar surface area (TPSA) is 140 Å². The van der Waals surface area contributed by atoms with E-state index in [2.05, 4.69) is 6.58 Å². The van der Waals surface area contributed by atoms with Gasteiger partial charge in [-0.1, -0.05) is 71.7 Å². The number of aromatic nitrogens is 3. The van der Waals surface area contributed by atoms with Crippen LogP contribution in [0, 0.1) is 45.4 Å². The van der Waals surface area contributed by atoms with Crippen LogP contribution in [0.25, 0.3) is 41.0 Å². The molecule has 1 aliphatic carbocycles. The number of carbonyl (C=O) groups is 2. The van der Waals surface area contributed by atoms with Crippen LogP contribution in [0.1, 0.15) is 64.7 Å². The summed E-state index contributed by atoms with van der Waals surface area (Å²) < 4.78 is 5.15. The summed E-state index contributed by atoms with van der Waals surface area (Å²) in [4.78, 5) is 39.8. The summed E-state index contributed by atoms with van der Waals surface area (Å²) in [6, 6.07) is -0.601. The number of allylic oxidation sites excluding steroid dienone is 1. The second-order valence-corrected chi connectivity index (χ2v) is 11.7. The molecular weight excluding hydrogens is 569 g/mol. The predicted molar refractivity (Wildman–Crippen MR) is 169 cm³/mol. The molecule has 224 valence electrons. The van der Waals surface area contributed by atoms with E-state index in [1.807, 2.05) is 52.8 Å². The number of fused-ring (bicyclic) bond motifs is 8. The number of esters is 1. The van der Waals surface area contributed by atoms with E-state index < -0.39 is 23.9 Å². The van der Waals surface area contributed by atoms with Gasteiger partial charge in [-0.05, 0) is 51.5 Å². The van der Waals surface area contributed by atoms with E-state index in [0.717, 1.165) is 55.6 Å². The van der Waals surface area contributed by atoms with Crippen molar-refractivity contribution in [2.24, 2.45) is 17.8 Å². The third-order valence-corrected chi connectivity index (χ3v) is 9.50. The Morgan fingerprint density at radius 3 is 2.20 bits per heavy atom. The summed E-state index contributed by atoms with van der Waals surface area (Å²) >= 11 is 0. The van der Waals surface area contributed by atoms with Crippen LogP contribution in [0.4, 0.5) is 0 Å². The van der Waals surface area contributed by atoms with Crippen LogP contribution in [-0.2, 0) is 14.3 Å². The number of rotatable bonds is 5. The molecule has 10 heteroatoms. The molecule has 5 heterocycles. The molecule has 1 fully saturated rings. The first kappa shape index (κ1) is 31.5. The van der Waals surface area contributed by atoms with Gasteiger partial charge >= 0.3 is 35.0 Å². The molecule has 8 bridgehead atoms. The Hall–Kier alpha value is -3.89. The van der Waals surface area contributed by atoms with Crippen molar-refractivity contribution in [3.05, 3.63) is 83.8 Å². The maximum absolute atomic E-state index is 13.2. The summed E-state index contributed by atoms with van der Waals surface area (Å²) in [7, 11) is 1.29. The van der Waals surface area contributed by atoms with Gasteiger partial charge in [0.05, 0.1) is 7.11 Å². The number of hydrogen-bond donors (Lipinski definition) is 2. The van der Waals surface area contributed by atoms with E-state index in [1.165, 1.54) is 7.11 Å². The minimum absolute atomic E-state index is 0. The second-order valence-electron chi connectivity index (χ2n) is 11.7. The van der Waals surface area contributed by atoms with Gasteiger partial charge in [-0.25, -0.2) is 0 Å². The quantitative estimate of drug-likeness (QED) is 0.331. The Morgan fingerprint density at radius 1 is 0.955 bits per heavy atom. The van der Waals surface area contributed by atoms with Crippen molar-refractivity contribution in [1.82, 2.24) is 15.0 Å². The number of carbonyl (C=O) groups excluding carboxylic acids is 1. The maximum Gasteiger partial charge on any atom is 2.00 e. The van der Waals surface area contributed by atoms with Crippen LogP contribution in [0.2, 0.25) is 0 Å². The van der Waals surface area contributed by atoms with Crippen molar-refractivity contribution in [2.45, 2.75) is 53.5 Å². The molecule has 0 amide bonds. The molecule has 0 spiro atoms. The molecule has 44 heavy (non-hydrogen) atoms. The van der Waals surface area contributed by atoms with E-state index in [4.69, 9.17) is 25.0 Å². The van der Waals surface area contributed by atoms with Crippen molar-refractivity contribution >= 4 is 70.6 Å². The van der Waals surface area contributed by atoms with Crippen LogP contribution in [0.15, 0.2) is 12.3 Å². The number of hydrogen-bond acceptors (Lipinski definition) is 4. The molecule has 2 N–H and O–H groups in total. The Balaban J connectivity index is 0.00000384.